The molecule has 5 heteroatoms. The SMILES string of the molecule is CCCCCCCCCCCCCCCCCc1ccccc1OCP(=O)(O)O. The van der Waals surface area contributed by atoms with Crippen molar-refractivity contribution >= 4 is 7.60 Å². The Bertz CT molecular complexity index is 556. The summed E-state index contributed by atoms with van der Waals surface area (Å²) in [6.07, 6.45) is 20.6. The highest BCUT2D eigenvalue weighted by Crippen LogP contribution is 2.35. The highest BCUT2D eigenvalue weighted by molar-refractivity contribution is 7.51. The molecule has 2 N–H and O–H groups in total. The molecule has 168 valence electrons. The molecule has 0 amide bonds. The van der Waals surface area contributed by atoms with Gasteiger partial charge in [0.2, 0.25) is 0 Å². The maximum absolute atomic E-state index is 11.0. The number of rotatable bonds is 19. The lowest BCUT2D eigenvalue weighted by Crippen LogP contribution is -2.01. The molecule has 0 heterocycles. The normalized spacial score (nSPS) is 11.7. The largest absolute Gasteiger partial charge is 0.481 e. The molecule has 1 rings (SSSR count). The van der Waals surface area contributed by atoms with Gasteiger partial charge in [-0.25, -0.2) is 0 Å². The molecule has 0 aliphatic heterocycles. The Kier molecular flexibility index (Phi) is 15.3. The van der Waals surface area contributed by atoms with E-state index < -0.39 is 13.9 Å². The van der Waals surface area contributed by atoms with Gasteiger partial charge in [-0.1, -0.05) is 115 Å². The first kappa shape index (κ1) is 26.2. The summed E-state index contributed by atoms with van der Waals surface area (Å²) in [7, 11) is -4.14. The van der Waals surface area contributed by atoms with E-state index in [1.54, 1.807) is 6.07 Å². The van der Waals surface area contributed by atoms with E-state index in [0.29, 0.717) is 5.75 Å². The van der Waals surface area contributed by atoms with E-state index in [0.717, 1.165) is 18.4 Å². The second kappa shape index (κ2) is 16.9. The van der Waals surface area contributed by atoms with E-state index in [1.807, 2.05) is 18.2 Å². The second-order valence-corrected chi connectivity index (χ2v) is 9.83. The van der Waals surface area contributed by atoms with E-state index in [-0.39, 0.29) is 0 Å². The van der Waals surface area contributed by atoms with Gasteiger partial charge in [0.1, 0.15) is 5.75 Å². The maximum atomic E-state index is 11.0. The van der Waals surface area contributed by atoms with Crippen LogP contribution in [-0.2, 0) is 11.0 Å². The number of para-hydroxylation sites is 1. The van der Waals surface area contributed by atoms with Gasteiger partial charge in [0.05, 0.1) is 0 Å². The predicted octanol–water partition coefficient (Wildman–Crippen LogP) is 7.61. The van der Waals surface area contributed by atoms with Crippen LogP contribution >= 0.6 is 7.60 Å². The fourth-order valence-corrected chi connectivity index (χ4v) is 4.00. The third-order valence-corrected chi connectivity index (χ3v) is 5.88. The number of unbranched alkanes of at least 4 members (excludes halogenated alkanes) is 14. The molecule has 1 aromatic carbocycles. The molecule has 0 spiro atoms. The smallest absolute Gasteiger partial charge is 0.362 e. The van der Waals surface area contributed by atoms with Crippen molar-refractivity contribution in [1.82, 2.24) is 0 Å². The molecule has 0 fully saturated rings. The molecule has 0 radical (unpaired) electrons. The van der Waals surface area contributed by atoms with Gasteiger partial charge in [0.15, 0.2) is 6.35 Å². The number of hydrogen-bond acceptors (Lipinski definition) is 2. The van der Waals surface area contributed by atoms with Crippen molar-refractivity contribution in [1.29, 1.82) is 0 Å². The Morgan fingerprint density at radius 3 is 1.66 bits per heavy atom. The number of hydrogen-bond donors (Lipinski definition) is 2. The fraction of sp³-hybridized carbons (Fsp3) is 0.750. The summed E-state index contributed by atoms with van der Waals surface area (Å²) in [5, 5.41) is 0. The Morgan fingerprint density at radius 2 is 1.17 bits per heavy atom. The number of benzene rings is 1. The minimum atomic E-state index is -4.14. The average Bonchev–Trinajstić information content (AvgIpc) is 2.69. The quantitative estimate of drug-likeness (QED) is 0.176. The molecule has 0 aromatic heterocycles. The van der Waals surface area contributed by atoms with Gasteiger partial charge in [0, 0.05) is 0 Å². The summed E-state index contributed by atoms with van der Waals surface area (Å²) in [4.78, 5) is 17.9. The topological polar surface area (TPSA) is 66.8 Å². The molecule has 4 nitrogen and oxygen atoms in total. The van der Waals surface area contributed by atoms with Crippen molar-refractivity contribution in [2.24, 2.45) is 0 Å². The Morgan fingerprint density at radius 1 is 0.724 bits per heavy atom. The van der Waals surface area contributed by atoms with Crippen molar-refractivity contribution < 1.29 is 19.1 Å². The Balaban J connectivity index is 1.97. The third-order valence-electron chi connectivity index (χ3n) is 5.41. The molecule has 0 bridgehead atoms. The highest BCUT2D eigenvalue weighted by Gasteiger charge is 2.14. The summed E-state index contributed by atoms with van der Waals surface area (Å²) >= 11 is 0. The lowest BCUT2D eigenvalue weighted by Gasteiger charge is -2.12. The molecule has 0 unspecified atom stereocenters. The Hall–Kier alpha value is -0.830. The lowest BCUT2D eigenvalue weighted by molar-refractivity contribution is 0.299. The Labute approximate surface area is 178 Å². The van der Waals surface area contributed by atoms with Crippen molar-refractivity contribution in [2.75, 3.05) is 6.35 Å². The van der Waals surface area contributed by atoms with Crippen LogP contribution in [0, 0.1) is 0 Å². The molecule has 0 saturated carbocycles. The van der Waals surface area contributed by atoms with Gasteiger partial charge in [0.25, 0.3) is 0 Å². The standard InChI is InChI=1S/C24H43O4P/c1-2-3-4-5-6-7-8-9-10-11-12-13-14-15-16-19-23-20-17-18-21-24(23)28-22-29(25,26)27/h17-18,20-21H,2-16,19,22H2,1H3,(H2,25,26,27). The molecule has 0 aliphatic carbocycles. The predicted molar refractivity (Wildman–Crippen MR) is 123 cm³/mol. The third kappa shape index (κ3) is 15.6. The average molecular weight is 427 g/mol. The van der Waals surface area contributed by atoms with Crippen LogP contribution in [0.3, 0.4) is 0 Å². The fourth-order valence-electron chi connectivity index (χ4n) is 3.69. The molecule has 29 heavy (non-hydrogen) atoms. The number of ether oxygens (including phenoxy) is 1. The summed E-state index contributed by atoms with van der Waals surface area (Å²) in [6.45, 7) is 2.27. The monoisotopic (exact) mass is 426 g/mol. The molecular formula is C24H43O4P. The summed E-state index contributed by atoms with van der Waals surface area (Å²) in [5.41, 5.74) is 1.04. The zero-order valence-corrected chi connectivity index (χ0v) is 19.4. The summed E-state index contributed by atoms with van der Waals surface area (Å²) in [5.74, 6) is 0.598. The zero-order valence-electron chi connectivity index (χ0n) is 18.5. The van der Waals surface area contributed by atoms with Crippen LogP contribution < -0.4 is 4.74 Å². The van der Waals surface area contributed by atoms with Crippen molar-refractivity contribution in [3.05, 3.63) is 29.8 Å². The second-order valence-electron chi connectivity index (χ2n) is 8.25. The molecule has 0 saturated heterocycles. The minimum Gasteiger partial charge on any atom is -0.481 e. The first-order valence-electron chi connectivity index (χ1n) is 11.8. The maximum Gasteiger partial charge on any atom is 0.362 e. The van der Waals surface area contributed by atoms with Crippen molar-refractivity contribution in [3.63, 3.8) is 0 Å². The van der Waals surface area contributed by atoms with Crippen LogP contribution in [0.5, 0.6) is 5.75 Å². The lowest BCUT2D eigenvalue weighted by atomic mass is 10.0. The van der Waals surface area contributed by atoms with Crippen LogP contribution in [0.2, 0.25) is 0 Å². The van der Waals surface area contributed by atoms with Gasteiger partial charge in [-0.05, 0) is 24.5 Å². The molecule has 0 atom stereocenters. The molecule has 0 aliphatic rings. The summed E-state index contributed by atoms with van der Waals surface area (Å²) in [6, 6.07) is 7.56. The van der Waals surface area contributed by atoms with E-state index in [2.05, 4.69) is 6.92 Å². The molecule has 1 aromatic rings. The number of aryl methyl sites for hydroxylation is 1. The van der Waals surface area contributed by atoms with Gasteiger partial charge < -0.3 is 14.5 Å². The van der Waals surface area contributed by atoms with Gasteiger partial charge >= 0.3 is 7.60 Å². The van der Waals surface area contributed by atoms with Crippen molar-refractivity contribution in [3.8, 4) is 5.75 Å². The van der Waals surface area contributed by atoms with Crippen LogP contribution in [0.1, 0.15) is 109 Å². The van der Waals surface area contributed by atoms with Gasteiger partial charge in [-0.15, -0.1) is 0 Å². The van der Waals surface area contributed by atoms with E-state index in [4.69, 9.17) is 14.5 Å². The highest BCUT2D eigenvalue weighted by atomic mass is 31.2. The summed E-state index contributed by atoms with van der Waals surface area (Å²) < 4.78 is 16.3. The van der Waals surface area contributed by atoms with E-state index >= 15 is 0 Å². The van der Waals surface area contributed by atoms with E-state index in [9.17, 15) is 4.57 Å². The van der Waals surface area contributed by atoms with Crippen LogP contribution in [0.4, 0.5) is 0 Å². The van der Waals surface area contributed by atoms with Gasteiger partial charge in [-0.3, -0.25) is 4.57 Å². The van der Waals surface area contributed by atoms with Crippen LogP contribution in [0.25, 0.3) is 0 Å². The van der Waals surface area contributed by atoms with Gasteiger partial charge in [-0.2, -0.15) is 0 Å². The first-order valence-corrected chi connectivity index (χ1v) is 13.6. The van der Waals surface area contributed by atoms with E-state index in [1.165, 1.54) is 89.9 Å². The zero-order chi connectivity index (χ0) is 21.2. The van der Waals surface area contributed by atoms with Crippen LogP contribution in [0.15, 0.2) is 24.3 Å². The molecular weight excluding hydrogens is 383 g/mol. The van der Waals surface area contributed by atoms with Crippen molar-refractivity contribution in [2.45, 2.75) is 110 Å². The van der Waals surface area contributed by atoms with Crippen LogP contribution in [-0.4, -0.2) is 16.1 Å². The minimum absolute atomic E-state index is 0.553. The first-order chi connectivity index (χ1) is 14.0.